The summed E-state index contributed by atoms with van der Waals surface area (Å²) in [5.41, 5.74) is 0. The van der Waals surface area contributed by atoms with E-state index in [1.807, 2.05) is 0 Å². The van der Waals surface area contributed by atoms with Crippen LogP contribution in [0.15, 0.2) is 0 Å². The topological polar surface area (TPSA) is 68.3 Å². The Morgan fingerprint density at radius 3 is 1.75 bits per heavy atom. The Kier molecular flexibility index (Phi) is 6.46. The molecule has 0 saturated carbocycles. The molecule has 0 aliphatic heterocycles. The lowest BCUT2D eigenvalue weighted by Crippen LogP contribution is -2.19. The molecule has 0 N–H and O–H groups in total. The highest BCUT2D eigenvalue weighted by atomic mass is 16.1. The van der Waals surface area contributed by atoms with Crippen molar-refractivity contribution in [2.45, 2.75) is 46.5 Å². The van der Waals surface area contributed by atoms with E-state index in [9.17, 15) is 19.2 Å². The minimum Gasteiger partial charge on any atom is -0.300 e. The molecule has 4 nitrogen and oxygen atoms in total. The first-order valence-corrected chi connectivity index (χ1v) is 5.34. The second-order valence-corrected chi connectivity index (χ2v) is 4.16. The number of rotatable bonds is 8. The van der Waals surface area contributed by atoms with Crippen LogP contribution in [0.3, 0.4) is 0 Å². The van der Waals surface area contributed by atoms with Gasteiger partial charge in [-0.25, -0.2) is 0 Å². The highest BCUT2D eigenvalue weighted by molar-refractivity contribution is 5.91. The van der Waals surface area contributed by atoms with Crippen molar-refractivity contribution in [3.8, 4) is 0 Å². The third kappa shape index (κ3) is 7.04. The summed E-state index contributed by atoms with van der Waals surface area (Å²) in [6, 6.07) is 0. The van der Waals surface area contributed by atoms with Gasteiger partial charge < -0.3 is 9.59 Å². The first-order chi connectivity index (χ1) is 7.32. The maximum Gasteiger partial charge on any atom is 0.134 e. The maximum atomic E-state index is 11.4. The van der Waals surface area contributed by atoms with Gasteiger partial charge in [-0.1, -0.05) is 0 Å². The van der Waals surface area contributed by atoms with Crippen LogP contribution in [0.5, 0.6) is 0 Å². The van der Waals surface area contributed by atoms with E-state index in [2.05, 4.69) is 0 Å². The van der Waals surface area contributed by atoms with Gasteiger partial charge in [0.15, 0.2) is 0 Å². The molecule has 0 aromatic heterocycles. The molecule has 0 radical (unpaired) electrons. The van der Waals surface area contributed by atoms with E-state index in [-0.39, 0.29) is 48.8 Å². The van der Waals surface area contributed by atoms with Crippen molar-refractivity contribution < 1.29 is 19.2 Å². The molecule has 0 aromatic rings. The molecule has 0 saturated heterocycles. The summed E-state index contributed by atoms with van der Waals surface area (Å²) in [7, 11) is 0. The second-order valence-electron chi connectivity index (χ2n) is 4.16. The number of Topliss-reactive ketones (excluding diaryl/α,β-unsaturated/α-hetero) is 4. The molecule has 0 spiro atoms. The van der Waals surface area contributed by atoms with Crippen molar-refractivity contribution in [2.75, 3.05) is 0 Å². The summed E-state index contributed by atoms with van der Waals surface area (Å²) < 4.78 is 0. The molecular formula is C12H18O4. The average Bonchev–Trinajstić information content (AvgIpc) is 2.12. The third-order valence-electron chi connectivity index (χ3n) is 2.34. The maximum absolute atomic E-state index is 11.4. The van der Waals surface area contributed by atoms with E-state index in [4.69, 9.17) is 0 Å². The standard InChI is InChI=1S/C12H18O4/c1-8(13)4-5-12(16)7-11(10(3)15)6-9(2)14/h11H,4-7H2,1-3H3. The molecule has 0 aromatic carbocycles. The van der Waals surface area contributed by atoms with Crippen LogP contribution >= 0.6 is 0 Å². The smallest absolute Gasteiger partial charge is 0.134 e. The quantitative estimate of drug-likeness (QED) is 0.629. The van der Waals surface area contributed by atoms with Gasteiger partial charge in [0.2, 0.25) is 0 Å². The second kappa shape index (κ2) is 7.04. The Morgan fingerprint density at radius 1 is 0.812 bits per heavy atom. The van der Waals surface area contributed by atoms with E-state index in [0.717, 1.165) is 0 Å². The highest BCUT2D eigenvalue weighted by Gasteiger charge is 2.20. The Bertz CT molecular complexity index is 304. The lowest BCUT2D eigenvalue weighted by molar-refractivity contribution is -0.130. The van der Waals surface area contributed by atoms with Crippen LogP contribution in [0.4, 0.5) is 0 Å². The zero-order valence-electron chi connectivity index (χ0n) is 10.0. The molecule has 1 atom stereocenters. The van der Waals surface area contributed by atoms with E-state index < -0.39 is 5.92 Å². The molecule has 0 aliphatic rings. The third-order valence-corrected chi connectivity index (χ3v) is 2.34. The van der Waals surface area contributed by atoms with Crippen molar-refractivity contribution in [2.24, 2.45) is 5.92 Å². The molecular weight excluding hydrogens is 208 g/mol. The van der Waals surface area contributed by atoms with Crippen LogP contribution in [0.2, 0.25) is 0 Å². The number of hydrogen-bond donors (Lipinski definition) is 0. The van der Waals surface area contributed by atoms with Gasteiger partial charge in [0.05, 0.1) is 0 Å². The molecule has 1 unspecified atom stereocenters. The zero-order chi connectivity index (χ0) is 12.7. The van der Waals surface area contributed by atoms with Gasteiger partial charge >= 0.3 is 0 Å². The molecule has 0 bridgehead atoms. The molecule has 90 valence electrons. The summed E-state index contributed by atoms with van der Waals surface area (Å²) in [6.07, 6.45) is 0.559. The summed E-state index contributed by atoms with van der Waals surface area (Å²) in [5, 5.41) is 0. The fraction of sp³-hybridized carbons (Fsp3) is 0.667. The first kappa shape index (κ1) is 14.7. The molecule has 16 heavy (non-hydrogen) atoms. The number of ketones is 4. The largest absolute Gasteiger partial charge is 0.300 e. The minimum absolute atomic E-state index is 0.0423. The van der Waals surface area contributed by atoms with Crippen LogP contribution in [0, 0.1) is 5.92 Å². The molecule has 0 aliphatic carbocycles. The summed E-state index contributed by atoms with van der Waals surface area (Å²) >= 11 is 0. The lowest BCUT2D eigenvalue weighted by atomic mass is 9.92. The monoisotopic (exact) mass is 226 g/mol. The molecule has 0 rings (SSSR count). The first-order valence-electron chi connectivity index (χ1n) is 5.34. The summed E-state index contributed by atoms with van der Waals surface area (Å²) in [6.45, 7) is 4.20. The number of carbonyl (C=O) groups is 4. The normalized spacial score (nSPS) is 11.9. The number of carbonyl (C=O) groups excluding carboxylic acids is 4. The van der Waals surface area contributed by atoms with Crippen molar-refractivity contribution >= 4 is 23.1 Å². The van der Waals surface area contributed by atoms with Crippen molar-refractivity contribution in [3.63, 3.8) is 0 Å². The average molecular weight is 226 g/mol. The van der Waals surface area contributed by atoms with Crippen molar-refractivity contribution in [3.05, 3.63) is 0 Å². The van der Waals surface area contributed by atoms with Gasteiger partial charge in [0, 0.05) is 31.6 Å². The van der Waals surface area contributed by atoms with E-state index in [1.54, 1.807) is 0 Å². The SMILES string of the molecule is CC(=O)CCC(=O)CC(CC(C)=O)C(C)=O. The van der Waals surface area contributed by atoms with Gasteiger partial charge in [-0.05, 0) is 20.8 Å². The Hall–Kier alpha value is -1.32. The van der Waals surface area contributed by atoms with Crippen molar-refractivity contribution in [1.82, 2.24) is 0 Å². The van der Waals surface area contributed by atoms with Crippen LogP contribution in [-0.2, 0) is 19.2 Å². The van der Waals surface area contributed by atoms with Crippen molar-refractivity contribution in [1.29, 1.82) is 0 Å². The summed E-state index contributed by atoms with van der Waals surface area (Å²) in [4.78, 5) is 44.2. The van der Waals surface area contributed by atoms with Crippen LogP contribution in [-0.4, -0.2) is 23.1 Å². The fourth-order valence-electron chi connectivity index (χ4n) is 1.40. The predicted molar refractivity (Wildman–Crippen MR) is 59.0 cm³/mol. The van der Waals surface area contributed by atoms with Crippen LogP contribution in [0.25, 0.3) is 0 Å². The fourth-order valence-corrected chi connectivity index (χ4v) is 1.40. The molecule has 4 heteroatoms. The minimum atomic E-state index is -0.517. The zero-order valence-corrected chi connectivity index (χ0v) is 10.0. The van der Waals surface area contributed by atoms with E-state index in [0.29, 0.717) is 0 Å². The Labute approximate surface area is 95.4 Å². The number of hydrogen-bond acceptors (Lipinski definition) is 4. The molecule has 0 heterocycles. The summed E-state index contributed by atoms with van der Waals surface area (Å²) in [5.74, 6) is -0.932. The van der Waals surface area contributed by atoms with Gasteiger partial charge in [-0.15, -0.1) is 0 Å². The van der Waals surface area contributed by atoms with Gasteiger partial charge in [0.1, 0.15) is 23.1 Å². The lowest BCUT2D eigenvalue weighted by Gasteiger charge is -2.10. The molecule has 0 fully saturated rings. The Morgan fingerprint density at radius 2 is 1.38 bits per heavy atom. The van der Waals surface area contributed by atoms with E-state index in [1.165, 1.54) is 20.8 Å². The van der Waals surface area contributed by atoms with Crippen LogP contribution in [0.1, 0.15) is 46.5 Å². The Balaban J connectivity index is 4.18. The highest BCUT2D eigenvalue weighted by Crippen LogP contribution is 2.13. The van der Waals surface area contributed by atoms with Gasteiger partial charge in [-0.2, -0.15) is 0 Å². The van der Waals surface area contributed by atoms with Gasteiger partial charge in [0.25, 0.3) is 0 Å². The molecule has 0 amide bonds. The van der Waals surface area contributed by atoms with Crippen LogP contribution < -0.4 is 0 Å². The van der Waals surface area contributed by atoms with Gasteiger partial charge in [-0.3, -0.25) is 9.59 Å². The van der Waals surface area contributed by atoms with E-state index >= 15 is 0 Å². The predicted octanol–water partition coefficient (Wildman–Crippen LogP) is 1.50.